The molecule has 0 saturated heterocycles. The summed E-state index contributed by atoms with van der Waals surface area (Å²) in [5, 5.41) is 0. The zero-order valence-electron chi connectivity index (χ0n) is 12.1. The van der Waals surface area contributed by atoms with Gasteiger partial charge >= 0.3 is 5.97 Å². The van der Waals surface area contributed by atoms with Gasteiger partial charge in [-0.2, -0.15) is 0 Å². The Hall–Kier alpha value is -2.09. The van der Waals surface area contributed by atoms with Crippen LogP contribution in [0.5, 0.6) is 0 Å². The van der Waals surface area contributed by atoms with Crippen molar-refractivity contribution in [3.05, 3.63) is 72.4 Å². The molecular formula is C17H22O2. The molecule has 0 unspecified atom stereocenters. The second-order valence-corrected chi connectivity index (χ2v) is 4.29. The summed E-state index contributed by atoms with van der Waals surface area (Å²) in [5.74, 6) is -0.396. The Balaban J connectivity index is 5.10. The maximum Gasteiger partial charge on any atom is 0.338 e. The minimum Gasteiger partial charge on any atom is -0.462 e. The molecule has 0 heterocycles. The predicted molar refractivity (Wildman–Crippen MR) is 81.8 cm³/mol. The van der Waals surface area contributed by atoms with E-state index in [4.69, 9.17) is 4.74 Å². The molecule has 0 N–H and O–H groups in total. The average Bonchev–Trinajstić information content (AvgIpc) is 2.32. The molecule has 0 spiro atoms. The van der Waals surface area contributed by atoms with Crippen molar-refractivity contribution >= 4 is 5.97 Å². The lowest BCUT2D eigenvalue weighted by Gasteiger charge is -2.08. The molecule has 0 aromatic heterocycles. The van der Waals surface area contributed by atoms with Crippen LogP contribution < -0.4 is 0 Å². The summed E-state index contributed by atoms with van der Waals surface area (Å²) in [6.45, 7) is 21.1. The van der Waals surface area contributed by atoms with E-state index in [1.807, 2.05) is 19.1 Å². The van der Waals surface area contributed by atoms with Crippen LogP contribution in [-0.2, 0) is 9.53 Å². The van der Waals surface area contributed by atoms with Crippen molar-refractivity contribution in [2.45, 2.75) is 20.8 Å². The summed E-state index contributed by atoms with van der Waals surface area (Å²) in [6.07, 6.45) is 5.29. The van der Waals surface area contributed by atoms with Gasteiger partial charge < -0.3 is 4.74 Å². The molecule has 0 aliphatic rings. The SMILES string of the molecule is C=C(C)/C=C\C(=C)C(=C)/C=C(\C(=C)C)C(=O)OCC. The molecule has 0 amide bonds. The minimum absolute atomic E-state index is 0.326. The van der Waals surface area contributed by atoms with Gasteiger partial charge in [-0.15, -0.1) is 0 Å². The molecule has 0 radical (unpaired) electrons. The Bertz CT molecular complexity index is 473. The molecule has 0 aliphatic heterocycles. The Morgan fingerprint density at radius 2 is 1.63 bits per heavy atom. The van der Waals surface area contributed by atoms with Crippen LogP contribution in [0.2, 0.25) is 0 Å². The van der Waals surface area contributed by atoms with Gasteiger partial charge in [0.2, 0.25) is 0 Å². The van der Waals surface area contributed by atoms with Gasteiger partial charge in [0.05, 0.1) is 12.2 Å². The van der Waals surface area contributed by atoms with E-state index < -0.39 is 5.97 Å². The molecular weight excluding hydrogens is 236 g/mol. The summed E-state index contributed by atoms with van der Waals surface area (Å²) in [6, 6.07) is 0. The highest BCUT2D eigenvalue weighted by Crippen LogP contribution is 2.17. The standard InChI is InChI=1S/C17H22O2/c1-8-19-17(18)16(13(4)5)11-15(7)14(6)10-9-12(2)3/h9-11H,2,4,6-8H2,1,3,5H3/b10-9-,16-11+. The number of esters is 1. The quantitative estimate of drug-likeness (QED) is 0.386. The molecule has 102 valence electrons. The Morgan fingerprint density at radius 3 is 2.05 bits per heavy atom. The average molecular weight is 258 g/mol. The van der Waals surface area contributed by atoms with Gasteiger partial charge in [-0.3, -0.25) is 0 Å². The normalized spacial score (nSPS) is 11.2. The Kier molecular flexibility index (Phi) is 7.20. The predicted octanol–water partition coefficient (Wildman–Crippen LogP) is 4.30. The van der Waals surface area contributed by atoms with Crippen LogP contribution in [0.1, 0.15) is 20.8 Å². The molecule has 0 rings (SSSR count). The molecule has 19 heavy (non-hydrogen) atoms. The third kappa shape index (κ3) is 6.41. The van der Waals surface area contributed by atoms with E-state index in [9.17, 15) is 4.79 Å². The van der Waals surface area contributed by atoms with Gasteiger partial charge in [-0.1, -0.05) is 44.0 Å². The van der Waals surface area contributed by atoms with Crippen molar-refractivity contribution in [1.82, 2.24) is 0 Å². The van der Waals surface area contributed by atoms with Crippen LogP contribution in [0, 0.1) is 0 Å². The lowest BCUT2D eigenvalue weighted by molar-refractivity contribution is -0.138. The Labute approximate surface area is 116 Å². The van der Waals surface area contributed by atoms with E-state index in [2.05, 4.69) is 26.3 Å². The highest BCUT2D eigenvalue weighted by molar-refractivity contribution is 5.93. The molecule has 0 saturated carbocycles. The van der Waals surface area contributed by atoms with Crippen LogP contribution in [0.15, 0.2) is 72.4 Å². The van der Waals surface area contributed by atoms with Crippen molar-refractivity contribution in [3.63, 3.8) is 0 Å². The first-order valence-electron chi connectivity index (χ1n) is 6.06. The fourth-order valence-corrected chi connectivity index (χ4v) is 1.18. The maximum atomic E-state index is 11.8. The van der Waals surface area contributed by atoms with Gasteiger partial charge in [-0.05, 0) is 43.6 Å². The van der Waals surface area contributed by atoms with Crippen LogP contribution in [0.25, 0.3) is 0 Å². The van der Waals surface area contributed by atoms with Crippen molar-refractivity contribution in [2.75, 3.05) is 6.61 Å². The number of ether oxygens (including phenoxy) is 1. The van der Waals surface area contributed by atoms with E-state index in [1.54, 1.807) is 19.9 Å². The van der Waals surface area contributed by atoms with Crippen molar-refractivity contribution in [3.8, 4) is 0 Å². The zero-order valence-corrected chi connectivity index (χ0v) is 12.1. The molecule has 2 heteroatoms. The fourth-order valence-electron chi connectivity index (χ4n) is 1.18. The summed E-state index contributed by atoms with van der Waals surface area (Å²) < 4.78 is 4.97. The van der Waals surface area contributed by atoms with Crippen molar-refractivity contribution in [2.24, 2.45) is 0 Å². The van der Waals surface area contributed by atoms with Crippen LogP contribution in [-0.4, -0.2) is 12.6 Å². The molecule has 2 nitrogen and oxygen atoms in total. The number of carbonyl (C=O) groups is 1. The lowest BCUT2D eigenvalue weighted by atomic mass is 10.0. The monoisotopic (exact) mass is 258 g/mol. The van der Waals surface area contributed by atoms with E-state index in [0.717, 1.165) is 5.57 Å². The molecule has 0 fully saturated rings. The summed E-state index contributed by atoms with van der Waals surface area (Å²) in [5.41, 5.74) is 3.33. The zero-order chi connectivity index (χ0) is 15.0. The smallest absolute Gasteiger partial charge is 0.338 e. The Morgan fingerprint density at radius 1 is 1.05 bits per heavy atom. The van der Waals surface area contributed by atoms with Gasteiger partial charge in [-0.25, -0.2) is 4.79 Å². The first kappa shape index (κ1) is 16.9. The first-order valence-corrected chi connectivity index (χ1v) is 6.06. The van der Waals surface area contributed by atoms with Crippen LogP contribution in [0.4, 0.5) is 0 Å². The maximum absolute atomic E-state index is 11.8. The first-order chi connectivity index (χ1) is 8.79. The number of allylic oxidation sites excluding steroid dienone is 6. The molecule has 0 aliphatic carbocycles. The highest BCUT2D eigenvalue weighted by Gasteiger charge is 2.11. The summed E-state index contributed by atoms with van der Waals surface area (Å²) >= 11 is 0. The van der Waals surface area contributed by atoms with Crippen molar-refractivity contribution < 1.29 is 9.53 Å². The van der Waals surface area contributed by atoms with Gasteiger partial charge in [0.1, 0.15) is 0 Å². The van der Waals surface area contributed by atoms with Crippen LogP contribution in [0.3, 0.4) is 0 Å². The number of rotatable bonds is 7. The number of hydrogen-bond donors (Lipinski definition) is 0. The topological polar surface area (TPSA) is 26.3 Å². The second-order valence-electron chi connectivity index (χ2n) is 4.29. The molecule has 0 atom stereocenters. The number of hydrogen-bond acceptors (Lipinski definition) is 2. The van der Waals surface area contributed by atoms with Crippen molar-refractivity contribution in [1.29, 1.82) is 0 Å². The van der Waals surface area contributed by atoms with E-state index >= 15 is 0 Å². The van der Waals surface area contributed by atoms with Crippen LogP contribution >= 0.6 is 0 Å². The van der Waals surface area contributed by atoms with Gasteiger partial charge in [0.25, 0.3) is 0 Å². The van der Waals surface area contributed by atoms with E-state index in [0.29, 0.717) is 28.9 Å². The fraction of sp³-hybridized carbons (Fsp3) is 0.235. The minimum atomic E-state index is -0.396. The molecule has 0 aromatic rings. The lowest BCUT2D eigenvalue weighted by Crippen LogP contribution is -2.08. The second kappa shape index (κ2) is 8.09. The summed E-state index contributed by atoms with van der Waals surface area (Å²) in [4.78, 5) is 11.8. The van der Waals surface area contributed by atoms with Gasteiger partial charge in [0, 0.05) is 0 Å². The summed E-state index contributed by atoms with van der Waals surface area (Å²) in [7, 11) is 0. The largest absolute Gasteiger partial charge is 0.462 e. The third-order valence-electron chi connectivity index (χ3n) is 2.26. The van der Waals surface area contributed by atoms with E-state index in [-0.39, 0.29) is 0 Å². The highest BCUT2D eigenvalue weighted by atomic mass is 16.5. The molecule has 0 bridgehead atoms. The third-order valence-corrected chi connectivity index (χ3v) is 2.26. The molecule has 0 aromatic carbocycles. The number of carbonyl (C=O) groups excluding carboxylic acids is 1. The van der Waals surface area contributed by atoms with Gasteiger partial charge in [0.15, 0.2) is 0 Å². The van der Waals surface area contributed by atoms with E-state index in [1.165, 1.54) is 0 Å².